The molecule has 2 unspecified atom stereocenters. The number of hydrogen-bond acceptors (Lipinski definition) is 3. The van der Waals surface area contributed by atoms with Crippen LogP contribution in [0.15, 0.2) is 30.3 Å². The molecule has 2 atom stereocenters. The topological polar surface area (TPSA) is 41.6 Å². The van der Waals surface area contributed by atoms with Gasteiger partial charge in [-0.1, -0.05) is 44.2 Å². The monoisotopic (exact) mass is 276 g/mol. The molecule has 0 bridgehead atoms. The van der Waals surface area contributed by atoms with Crippen LogP contribution in [-0.2, 0) is 11.3 Å². The highest BCUT2D eigenvalue weighted by molar-refractivity contribution is 5.68. The molecule has 0 radical (unpaired) electrons. The van der Waals surface area contributed by atoms with Crippen LogP contribution in [0, 0.1) is 0 Å². The summed E-state index contributed by atoms with van der Waals surface area (Å²) >= 11 is 0. The summed E-state index contributed by atoms with van der Waals surface area (Å²) in [6.45, 7) is 6.18. The molecular weight excluding hydrogens is 252 g/mol. The molecule has 1 N–H and O–H groups in total. The van der Waals surface area contributed by atoms with E-state index < -0.39 is 0 Å². The van der Waals surface area contributed by atoms with Crippen LogP contribution in [0.2, 0.25) is 0 Å². The Kier molecular flexibility index (Phi) is 5.41. The minimum absolute atomic E-state index is 0.194. The zero-order chi connectivity index (χ0) is 14.4. The van der Waals surface area contributed by atoms with Gasteiger partial charge in [0.2, 0.25) is 0 Å². The van der Waals surface area contributed by atoms with E-state index in [1.54, 1.807) is 0 Å². The van der Waals surface area contributed by atoms with E-state index in [2.05, 4.69) is 19.2 Å². The first-order chi connectivity index (χ1) is 9.74. The van der Waals surface area contributed by atoms with E-state index in [-0.39, 0.29) is 12.1 Å². The molecule has 0 aromatic heterocycles. The predicted molar refractivity (Wildman–Crippen MR) is 79.5 cm³/mol. The summed E-state index contributed by atoms with van der Waals surface area (Å²) in [5.41, 5.74) is 1.02. The zero-order valence-electron chi connectivity index (χ0n) is 12.3. The Bertz CT molecular complexity index is 422. The first kappa shape index (κ1) is 14.9. The highest BCUT2D eigenvalue weighted by atomic mass is 16.6. The van der Waals surface area contributed by atoms with Crippen molar-refractivity contribution in [3.8, 4) is 0 Å². The van der Waals surface area contributed by atoms with Crippen molar-refractivity contribution in [3.05, 3.63) is 35.9 Å². The van der Waals surface area contributed by atoms with Crippen molar-refractivity contribution in [2.45, 2.75) is 45.4 Å². The highest BCUT2D eigenvalue weighted by Gasteiger charge is 2.30. The van der Waals surface area contributed by atoms with Gasteiger partial charge >= 0.3 is 6.09 Å². The van der Waals surface area contributed by atoms with Gasteiger partial charge in [0.25, 0.3) is 0 Å². The lowest BCUT2D eigenvalue weighted by Gasteiger charge is -2.39. The number of piperazine rings is 1. The van der Waals surface area contributed by atoms with Crippen molar-refractivity contribution in [1.82, 2.24) is 10.2 Å². The van der Waals surface area contributed by atoms with Gasteiger partial charge in [0.15, 0.2) is 0 Å². The van der Waals surface area contributed by atoms with Crippen molar-refractivity contribution in [2.24, 2.45) is 0 Å². The summed E-state index contributed by atoms with van der Waals surface area (Å²) in [5, 5.41) is 3.48. The Balaban J connectivity index is 1.91. The fourth-order valence-corrected chi connectivity index (χ4v) is 2.53. The summed E-state index contributed by atoms with van der Waals surface area (Å²) in [6, 6.07) is 10.4. The van der Waals surface area contributed by atoms with Gasteiger partial charge in [0.1, 0.15) is 6.61 Å². The van der Waals surface area contributed by atoms with Gasteiger partial charge in [-0.2, -0.15) is 0 Å². The molecule has 4 nitrogen and oxygen atoms in total. The summed E-state index contributed by atoms with van der Waals surface area (Å²) in [5.74, 6) is 0. The number of nitrogens with one attached hydrogen (secondary N) is 1. The quantitative estimate of drug-likeness (QED) is 0.919. The van der Waals surface area contributed by atoms with E-state index in [0.29, 0.717) is 12.6 Å². The molecule has 1 saturated heterocycles. The third-order valence-electron chi connectivity index (χ3n) is 3.90. The van der Waals surface area contributed by atoms with Gasteiger partial charge in [-0.3, -0.25) is 0 Å². The lowest BCUT2D eigenvalue weighted by atomic mass is 10.1. The maximum Gasteiger partial charge on any atom is 0.410 e. The molecule has 0 spiro atoms. The molecule has 2 rings (SSSR count). The minimum atomic E-state index is -0.194. The lowest BCUT2D eigenvalue weighted by molar-refractivity contribution is 0.0616. The normalized spacial score (nSPS) is 22.6. The van der Waals surface area contributed by atoms with Crippen LogP contribution in [0.3, 0.4) is 0 Å². The number of carbonyl (C=O) groups excluding carboxylic acids is 1. The first-order valence-electron chi connectivity index (χ1n) is 7.45. The van der Waals surface area contributed by atoms with Gasteiger partial charge in [-0.15, -0.1) is 0 Å². The number of hydrogen-bond donors (Lipinski definition) is 1. The largest absolute Gasteiger partial charge is 0.445 e. The molecule has 4 heteroatoms. The molecule has 20 heavy (non-hydrogen) atoms. The van der Waals surface area contributed by atoms with Crippen molar-refractivity contribution in [3.63, 3.8) is 0 Å². The molecule has 1 aromatic rings. The lowest BCUT2D eigenvalue weighted by Crippen LogP contribution is -2.57. The SMILES string of the molecule is CCC1CN(C(=O)OCc2ccccc2)C(CC)CN1. The highest BCUT2D eigenvalue weighted by Crippen LogP contribution is 2.14. The average molecular weight is 276 g/mol. The molecule has 1 aliphatic rings. The van der Waals surface area contributed by atoms with E-state index in [0.717, 1.165) is 31.5 Å². The number of benzene rings is 1. The van der Waals surface area contributed by atoms with Gasteiger partial charge < -0.3 is 15.0 Å². The predicted octanol–water partition coefficient (Wildman–Crippen LogP) is 2.79. The van der Waals surface area contributed by atoms with Crippen LogP contribution in [0.1, 0.15) is 32.3 Å². The fraction of sp³-hybridized carbons (Fsp3) is 0.562. The Labute approximate surface area is 121 Å². The van der Waals surface area contributed by atoms with E-state index in [1.165, 1.54) is 0 Å². The van der Waals surface area contributed by atoms with Crippen LogP contribution in [0.5, 0.6) is 0 Å². The number of nitrogens with zero attached hydrogens (tertiary/aromatic N) is 1. The molecule has 1 amide bonds. The maximum atomic E-state index is 12.3. The summed E-state index contributed by atoms with van der Waals surface area (Å²) in [4.78, 5) is 14.2. The Hall–Kier alpha value is -1.55. The van der Waals surface area contributed by atoms with Crippen molar-refractivity contribution in [2.75, 3.05) is 13.1 Å². The van der Waals surface area contributed by atoms with Crippen LogP contribution in [-0.4, -0.2) is 36.2 Å². The Morgan fingerprint density at radius 1 is 1.30 bits per heavy atom. The number of amides is 1. The summed E-state index contributed by atoms with van der Waals surface area (Å²) in [6.07, 6.45) is 1.78. The second-order valence-corrected chi connectivity index (χ2v) is 5.27. The third kappa shape index (κ3) is 3.73. The van der Waals surface area contributed by atoms with Crippen LogP contribution in [0.25, 0.3) is 0 Å². The average Bonchev–Trinajstić information content (AvgIpc) is 2.52. The molecule has 0 saturated carbocycles. The first-order valence-corrected chi connectivity index (χ1v) is 7.45. The third-order valence-corrected chi connectivity index (χ3v) is 3.90. The Morgan fingerprint density at radius 3 is 2.70 bits per heavy atom. The maximum absolute atomic E-state index is 12.3. The number of rotatable bonds is 4. The van der Waals surface area contributed by atoms with Crippen LogP contribution in [0.4, 0.5) is 4.79 Å². The van der Waals surface area contributed by atoms with Crippen molar-refractivity contribution >= 4 is 6.09 Å². The van der Waals surface area contributed by atoms with E-state index in [9.17, 15) is 4.79 Å². The van der Waals surface area contributed by atoms with Crippen LogP contribution >= 0.6 is 0 Å². The van der Waals surface area contributed by atoms with E-state index in [4.69, 9.17) is 4.74 Å². The second-order valence-electron chi connectivity index (χ2n) is 5.27. The standard InChI is InChI=1S/C16H24N2O2/c1-3-14-11-18(15(4-2)10-17-14)16(19)20-12-13-8-6-5-7-9-13/h5-9,14-15,17H,3-4,10-12H2,1-2H3. The van der Waals surface area contributed by atoms with E-state index in [1.807, 2.05) is 35.2 Å². The fourth-order valence-electron chi connectivity index (χ4n) is 2.53. The summed E-state index contributed by atoms with van der Waals surface area (Å²) in [7, 11) is 0. The van der Waals surface area contributed by atoms with Crippen LogP contribution < -0.4 is 5.32 Å². The van der Waals surface area contributed by atoms with Crippen molar-refractivity contribution < 1.29 is 9.53 Å². The van der Waals surface area contributed by atoms with Gasteiger partial charge in [-0.25, -0.2) is 4.79 Å². The second kappa shape index (κ2) is 7.29. The molecular formula is C16H24N2O2. The summed E-state index contributed by atoms with van der Waals surface area (Å²) < 4.78 is 5.45. The molecule has 1 aromatic carbocycles. The minimum Gasteiger partial charge on any atom is -0.445 e. The Morgan fingerprint density at radius 2 is 2.05 bits per heavy atom. The smallest absolute Gasteiger partial charge is 0.410 e. The van der Waals surface area contributed by atoms with Crippen molar-refractivity contribution in [1.29, 1.82) is 0 Å². The molecule has 1 fully saturated rings. The molecule has 1 aliphatic heterocycles. The molecule has 1 heterocycles. The molecule has 110 valence electrons. The zero-order valence-corrected chi connectivity index (χ0v) is 12.3. The van der Waals surface area contributed by atoms with Gasteiger partial charge in [-0.05, 0) is 18.4 Å². The van der Waals surface area contributed by atoms with Gasteiger partial charge in [0.05, 0.1) is 0 Å². The van der Waals surface area contributed by atoms with Gasteiger partial charge in [0, 0.05) is 25.2 Å². The number of carbonyl (C=O) groups is 1. The van der Waals surface area contributed by atoms with E-state index >= 15 is 0 Å². The molecule has 0 aliphatic carbocycles. The number of ether oxygens (including phenoxy) is 1.